The summed E-state index contributed by atoms with van der Waals surface area (Å²) in [6, 6.07) is 0. The zero-order valence-electron chi connectivity index (χ0n) is 8.90. The van der Waals surface area contributed by atoms with Crippen LogP contribution in [0.15, 0.2) is 23.8 Å². The lowest BCUT2D eigenvalue weighted by Crippen LogP contribution is -2.29. The largest absolute Gasteiger partial charge is 0.371 e. The molecule has 1 saturated heterocycles. The van der Waals surface area contributed by atoms with E-state index in [0.29, 0.717) is 5.92 Å². The molecule has 2 rings (SSSR count). The van der Waals surface area contributed by atoms with Gasteiger partial charge in [-0.15, -0.1) is 0 Å². The topological polar surface area (TPSA) is 18.5 Å². The minimum Gasteiger partial charge on any atom is -0.371 e. The summed E-state index contributed by atoms with van der Waals surface area (Å²) < 4.78 is 11.4. The lowest BCUT2D eigenvalue weighted by Gasteiger charge is -2.24. The van der Waals surface area contributed by atoms with Crippen LogP contribution >= 0.6 is 0 Å². The maximum atomic E-state index is 5.73. The van der Waals surface area contributed by atoms with Crippen LogP contribution in [-0.4, -0.2) is 25.4 Å². The number of allylic oxidation sites excluding steroid dienone is 2. The third kappa shape index (κ3) is 2.07. The van der Waals surface area contributed by atoms with Crippen LogP contribution in [0.25, 0.3) is 0 Å². The highest BCUT2D eigenvalue weighted by Crippen LogP contribution is 2.23. The van der Waals surface area contributed by atoms with E-state index in [4.69, 9.17) is 9.47 Å². The quantitative estimate of drug-likeness (QED) is 0.637. The molecule has 1 heterocycles. The molecular weight excluding hydrogens is 176 g/mol. The van der Waals surface area contributed by atoms with Gasteiger partial charge in [-0.1, -0.05) is 26.0 Å². The summed E-state index contributed by atoms with van der Waals surface area (Å²) in [6.07, 6.45) is 7.79. The number of rotatable bonds is 1. The van der Waals surface area contributed by atoms with Gasteiger partial charge in [0.15, 0.2) is 0 Å². The molecule has 2 atom stereocenters. The average molecular weight is 194 g/mol. The third-order valence-corrected chi connectivity index (χ3v) is 2.73. The fourth-order valence-electron chi connectivity index (χ4n) is 1.83. The van der Waals surface area contributed by atoms with Gasteiger partial charge in [0.05, 0.1) is 0 Å². The van der Waals surface area contributed by atoms with Crippen molar-refractivity contribution in [2.24, 2.45) is 5.92 Å². The highest BCUT2D eigenvalue weighted by molar-refractivity contribution is 5.29. The first kappa shape index (κ1) is 9.94. The Morgan fingerprint density at radius 2 is 1.93 bits per heavy atom. The van der Waals surface area contributed by atoms with E-state index < -0.39 is 0 Å². The Bertz CT molecular complexity index is 253. The van der Waals surface area contributed by atoms with Crippen LogP contribution in [0.5, 0.6) is 0 Å². The molecule has 0 bridgehead atoms. The van der Waals surface area contributed by atoms with E-state index >= 15 is 0 Å². The molecule has 0 spiro atoms. The number of ether oxygens (including phenoxy) is 2. The van der Waals surface area contributed by atoms with E-state index in [1.54, 1.807) is 0 Å². The smallest absolute Gasteiger partial charge is 0.106 e. The summed E-state index contributed by atoms with van der Waals surface area (Å²) in [5, 5.41) is 0. The van der Waals surface area contributed by atoms with Crippen molar-refractivity contribution in [2.45, 2.75) is 32.5 Å². The van der Waals surface area contributed by atoms with Crippen molar-refractivity contribution in [2.75, 3.05) is 13.2 Å². The maximum Gasteiger partial charge on any atom is 0.106 e. The lowest BCUT2D eigenvalue weighted by molar-refractivity contribution is 0.0131. The molecule has 0 radical (unpaired) electrons. The zero-order chi connectivity index (χ0) is 9.97. The zero-order valence-corrected chi connectivity index (χ0v) is 8.90. The van der Waals surface area contributed by atoms with E-state index in [2.05, 4.69) is 32.1 Å². The Morgan fingerprint density at radius 3 is 2.64 bits per heavy atom. The second-order valence-corrected chi connectivity index (χ2v) is 4.20. The average Bonchev–Trinajstić information content (AvgIpc) is 2.41. The van der Waals surface area contributed by atoms with Crippen LogP contribution < -0.4 is 0 Å². The molecule has 14 heavy (non-hydrogen) atoms. The summed E-state index contributed by atoms with van der Waals surface area (Å²) >= 11 is 0. The van der Waals surface area contributed by atoms with Gasteiger partial charge in [-0.25, -0.2) is 0 Å². The highest BCUT2D eigenvalue weighted by atomic mass is 16.5. The lowest BCUT2D eigenvalue weighted by atomic mass is 9.94. The van der Waals surface area contributed by atoms with Gasteiger partial charge in [0.2, 0.25) is 0 Å². The molecular formula is C12H18O2. The molecule has 0 amide bonds. The van der Waals surface area contributed by atoms with Crippen LogP contribution in [0.1, 0.15) is 20.3 Å². The van der Waals surface area contributed by atoms with Crippen molar-refractivity contribution in [1.29, 1.82) is 0 Å². The molecule has 2 unspecified atom stereocenters. The Hall–Kier alpha value is -0.600. The maximum absolute atomic E-state index is 5.73. The van der Waals surface area contributed by atoms with Crippen molar-refractivity contribution < 1.29 is 9.47 Å². The van der Waals surface area contributed by atoms with Gasteiger partial charge in [0.1, 0.15) is 12.2 Å². The second-order valence-electron chi connectivity index (χ2n) is 4.20. The molecule has 0 saturated carbocycles. The fraction of sp³-hybridized carbons (Fsp3) is 0.667. The predicted octanol–water partition coefficient (Wildman–Crippen LogP) is 2.31. The van der Waals surface area contributed by atoms with Crippen LogP contribution in [0, 0.1) is 5.92 Å². The van der Waals surface area contributed by atoms with Crippen molar-refractivity contribution in [3.63, 3.8) is 0 Å². The molecule has 78 valence electrons. The molecule has 2 nitrogen and oxygen atoms in total. The molecule has 1 aliphatic carbocycles. The highest BCUT2D eigenvalue weighted by Gasteiger charge is 2.24. The monoisotopic (exact) mass is 194 g/mol. The van der Waals surface area contributed by atoms with Gasteiger partial charge < -0.3 is 9.47 Å². The molecule has 0 aromatic rings. The summed E-state index contributed by atoms with van der Waals surface area (Å²) in [5.41, 5.74) is 1.36. The minimum absolute atomic E-state index is 0.139. The number of hydrogen-bond donors (Lipinski definition) is 0. The van der Waals surface area contributed by atoms with Crippen LogP contribution in [0.4, 0.5) is 0 Å². The van der Waals surface area contributed by atoms with Gasteiger partial charge >= 0.3 is 0 Å². The Balaban J connectivity index is 2.11. The van der Waals surface area contributed by atoms with Gasteiger partial charge in [-0.2, -0.15) is 0 Å². The summed E-state index contributed by atoms with van der Waals surface area (Å²) in [7, 11) is 0. The molecule has 1 fully saturated rings. The minimum atomic E-state index is 0.139. The first-order valence-corrected chi connectivity index (χ1v) is 5.40. The van der Waals surface area contributed by atoms with Gasteiger partial charge in [-0.3, -0.25) is 0 Å². The standard InChI is InChI=1S/C12H18O2/c1-9(2)10-4-5-11-12(8-10)14-7-3-6-13-11/h4-5,8-9,11-12H,3,6-7H2,1-2H3. The molecule has 1 aliphatic heterocycles. The molecule has 0 N–H and O–H groups in total. The van der Waals surface area contributed by atoms with E-state index in [0.717, 1.165) is 19.6 Å². The molecule has 0 aromatic heterocycles. The van der Waals surface area contributed by atoms with Crippen molar-refractivity contribution >= 4 is 0 Å². The van der Waals surface area contributed by atoms with Gasteiger partial charge in [-0.05, 0) is 24.0 Å². The summed E-state index contributed by atoms with van der Waals surface area (Å²) in [5.74, 6) is 0.569. The second kappa shape index (κ2) is 4.28. The Morgan fingerprint density at radius 1 is 1.21 bits per heavy atom. The summed E-state index contributed by atoms with van der Waals surface area (Å²) in [4.78, 5) is 0. The first-order chi connectivity index (χ1) is 6.77. The van der Waals surface area contributed by atoms with Gasteiger partial charge in [0, 0.05) is 13.2 Å². The van der Waals surface area contributed by atoms with E-state index in [1.165, 1.54) is 5.57 Å². The fourth-order valence-corrected chi connectivity index (χ4v) is 1.83. The Kier molecular flexibility index (Phi) is 3.04. The van der Waals surface area contributed by atoms with Crippen LogP contribution in [-0.2, 0) is 9.47 Å². The number of fused-ring (bicyclic) bond motifs is 1. The molecule has 2 heteroatoms. The van der Waals surface area contributed by atoms with Crippen molar-refractivity contribution in [3.05, 3.63) is 23.8 Å². The van der Waals surface area contributed by atoms with Crippen molar-refractivity contribution in [1.82, 2.24) is 0 Å². The summed E-state index contributed by atoms with van der Waals surface area (Å²) in [6.45, 7) is 6.04. The SMILES string of the molecule is CC(C)C1=CC2OCCCOC2C=C1. The molecule has 2 aliphatic rings. The van der Waals surface area contributed by atoms with E-state index in [1.807, 2.05) is 0 Å². The van der Waals surface area contributed by atoms with Gasteiger partial charge in [0.25, 0.3) is 0 Å². The normalized spacial score (nSPS) is 32.4. The van der Waals surface area contributed by atoms with Crippen LogP contribution in [0.3, 0.4) is 0 Å². The third-order valence-electron chi connectivity index (χ3n) is 2.73. The molecule has 0 aromatic carbocycles. The predicted molar refractivity (Wildman–Crippen MR) is 56.2 cm³/mol. The van der Waals surface area contributed by atoms with Crippen molar-refractivity contribution in [3.8, 4) is 0 Å². The number of hydrogen-bond acceptors (Lipinski definition) is 2. The van der Waals surface area contributed by atoms with Crippen LogP contribution in [0.2, 0.25) is 0 Å². The van der Waals surface area contributed by atoms with E-state index in [-0.39, 0.29) is 12.2 Å². The first-order valence-electron chi connectivity index (χ1n) is 5.40. The Labute approximate surface area is 85.6 Å². The van der Waals surface area contributed by atoms with E-state index in [9.17, 15) is 0 Å².